The molecule has 1 aliphatic heterocycles. The molecule has 25 heavy (non-hydrogen) atoms. The fraction of sp³-hybridized carbons (Fsp3) is 0.235. The van der Waals surface area contributed by atoms with Crippen molar-refractivity contribution in [3.63, 3.8) is 0 Å². The van der Waals surface area contributed by atoms with Gasteiger partial charge in [-0.15, -0.1) is 0 Å². The molecule has 2 aromatic rings. The van der Waals surface area contributed by atoms with Crippen LogP contribution in [0.15, 0.2) is 59.5 Å². The van der Waals surface area contributed by atoms with E-state index < -0.39 is 16.1 Å². The number of alkyl carbamates (subject to hydrolysis) is 1. The highest BCUT2D eigenvalue weighted by molar-refractivity contribution is 7.89. The van der Waals surface area contributed by atoms with Gasteiger partial charge in [0.25, 0.3) is 0 Å². The predicted molar refractivity (Wildman–Crippen MR) is 93.8 cm³/mol. The van der Waals surface area contributed by atoms with Gasteiger partial charge in [-0.2, -0.15) is 4.31 Å². The zero-order valence-electron chi connectivity index (χ0n) is 13.3. The highest BCUT2D eigenvalue weighted by atomic mass is 35.5. The third kappa shape index (κ3) is 4.31. The maximum absolute atomic E-state index is 12.4. The molecule has 6 nitrogen and oxygen atoms in total. The summed E-state index contributed by atoms with van der Waals surface area (Å²) in [5, 5.41) is 3.02. The van der Waals surface area contributed by atoms with E-state index in [0.717, 1.165) is 5.56 Å². The Kier molecular flexibility index (Phi) is 5.27. The summed E-state index contributed by atoms with van der Waals surface area (Å²) in [5.74, 6) is 0. The lowest BCUT2D eigenvalue weighted by Crippen LogP contribution is -2.60. The normalized spacial score (nSPS) is 15.4. The molecule has 3 rings (SSSR count). The molecule has 0 bridgehead atoms. The first-order valence-electron chi connectivity index (χ1n) is 7.68. The summed E-state index contributed by atoms with van der Waals surface area (Å²) < 4.78 is 31.3. The standard InChI is InChI=1S/C17H17ClN2O4S/c18-14-7-4-8-16(9-14)25(22,23)20-10-15(11-20)19-17(21)24-12-13-5-2-1-3-6-13/h1-9,15H,10-12H2,(H,19,21). The van der Waals surface area contributed by atoms with Gasteiger partial charge in [0.1, 0.15) is 6.61 Å². The summed E-state index contributed by atoms with van der Waals surface area (Å²) in [4.78, 5) is 11.9. The van der Waals surface area contributed by atoms with Gasteiger partial charge in [-0.3, -0.25) is 0 Å². The summed E-state index contributed by atoms with van der Waals surface area (Å²) in [6.07, 6.45) is -0.561. The van der Waals surface area contributed by atoms with E-state index in [1.807, 2.05) is 30.3 Å². The minimum atomic E-state index is -3.59. The molecular weight excluding hydrogens is 364 g/mol. The average molecular weight is 381 g/mol. The lowest BCUT2D eigenvalue weighted by Gasteiger charge is -2.38. The molecule has 1 heterocycles. The van der Waals surface area contributed by atoms with Crippen LogP contribution in [0.2, 0.25) is 5.02 Å². The van der Waals surface area contributed by atoms with Crippen molar-refractivity contribution in [2.24, 2.45) is 0 Å². The smallest absolute Gasteiger partial charge is 0.407 e. The van der Waals surface area contributed by atoms with Gasteiger partial charge in [-0.1, -0.05) is 48.0 Å². The molecule has 1 amide bonds. The SMILES string of the molecule is O=C(NC1CN(S(=O)(=O)c2cccc(Cl)c2)C1)OCc1ccccc1. The number of ether oxygens (including phenoxy) is 1. The van der Waals surface area contributed by atoms with Crippen molar-refractivity contribution in [2.45, 2.75) is 17.5 Å². The van der Waals surface area contributed by atoms with Gasteiger partial charge in [0.05, 0.1) is 10.9 Å². The van der Waals surface area contributed by atoms with Crippen molar-refractivity contribution in [1.82, 2.24) is 9.62 Å². The summed E-state index contributed by atoms with van der Waals surface area (Å²) in [7, 11) is -3.59. The molecule has 8 heteroatoms. The van der Waals surface area contributed by atoms with Crippen LogP contribution >= 0.6 is 11.6 Å². The first-order chi connectivity index (χ1) is 11.9. The number of rotatable bonds is 5. The second-order valence-electron chi connectivity index (χ2n) is 5.68. The van der Waals surface area contributed by atoms with Crippen molar-refractivity contribution in [3.05, 3.63) is 65.2 Å². The Labute approximate surface area is 151 Å². The zero-order valence-corrected chi connectivity index (χ0v) is 14.8. The molecule has 2 aromatic carbocycles. The van der Waals surface area contributed by atoms with Crippen molar-refractivity contribution >= 4 is 27.7 Å². The number of nitrogens with zero attached hydrogens (tertiary/aromatic N) is 1. The van der Waals surface area contributed by atoms with Crippen LogP contribution < -0.4 is 5.32 Å². The minimum Gasteiger partial charge on any atom is -0.445 e. The minimum absolute atomic E-state index is 0.144. The van der Waals surface area contributed by atoms with E-state index in [1.54, 1.807) is 12.1 Å². The Morgan fingerprint density at radius 1 is 1.16 bits per heavy atom. The first-order valence-corrected chi connectivity index (χ1v) is 9.50. The summed E-state index contributed by atoms with van der Waals surface area (Å²) in [6, 6.07) is 15.2. The number of hydrogen-bond acceptors (Lipinski definition) is 4. The number of hydrogen-bond donors (Lipinski definition) is 1. The topological polar surface area (TPSA) is 75.7 Å². The fourth-order valence-electron chi connectivity index (χ4n) is 2.43. The Bertz CT molecular complexity index is 852. The van der Waals surface area contributed by atoms with E-state index in [4.69, 9.17) is 16.3 Å². The van der Waals surface area contributed by atoms with E-state index >= 15 is 0 Å². The number of amides is 1. The van der Waals surface area contributed by atoms with E-state index in [2.05, 4.69) is 5.32 Å². The lowest BCUT2D eigenvalue weighted by atomic mass is 10.2. The van der Waals surface area contributed by atoms with E-state index in [1.165, 1.54) is 16.4 Å². The molecular formula is C17H17ClN2O4S. The van der Waals surface area contributed by atoms with Gasteiger partial charge in [-0.25, -0.2) is 13.2 Å². The fourth-order valence-corrected chi connectivity index (χ4v) is 4.27. The van der Waals surface area contributed by atoms with Crippen LogP contribution in [0, 0.1) is 0 Å². The van der Waals surface area contributed by atoms with Crippen LogP contribution in [0.25, 0.3) is 0 Å². The molecule has 0 radical (unpaired) electrons. The number of sulfonamides is 1. The average Bonchev–Trinajstić information content (AvgIpc) is 2.56. The molecule has 1 N–H and O–H groups in total. The van der Waals surface area contributed by atoms with Crippen LogP contribution in [-0.2, 0) is 21.4 Å². The first kappa shape index (κ1) is 17.7. The molecule has 1 saturated heterocycles. The Morgan fingerprint density at radius 2 is 1.88 bits per heavy atom. The van der Waals surface area contributed by atoms with Crippen molar-refractivity contribution in [1.29, 1.82) is 0 Å². The van der Waals surface area contributed by atoms with Gasteiger partial charge in [0, 0.05) is 18.1 Å². The Morgan fingerprint density at radius 3 is 2.56 bits per heavy atom. The third-order valence-electron chi connectivity index (χ3n) is 3.82. The monoisotopic (exact) mass is 380 g/mol. The second kappa shape index (κ2) is 7.43. The van der Waals surface area contributed by atoms with Crippen molar-refractivity contribution < 1.29 is 17.9 Å². The van der Waals surface area contributed by atoms with Crippen LogP contribution in [0.4, 0.5) is 4.79 Å². The third-order valence-corrected chi connectivity index (χ3v) is 5.88. The highest BCUT2D eigenvalue weighted by Crippen LogP contribution is 2.23. The number of halogens is 1. The summed E-state index contributed by atoms with van der Waals surface area (Å²) in [5.41, 5.74) is 0.886. The molecule has 1 fully saturated rings. The molecule has 0 spiro atoms. The van der Waals surface area contributed by atoms with Crippen LogP contribution in [0.1, 0.15) is 5.56 Å². The van der Waals surface area contributed by atoms with Gasteiger partial charge < -0.3 is 10.1 Å². The molecule has 0 aromatic heterocycles. The second-order valence-corrected chi connectivity index (χ2v) is 8.06. The van der Waals surface area contributed by atoms with Crippen LogP contribution in [-0.4, -0.2) is 37.9 Å². The Balaban J connectivity index is 1.48. The molecule has 0 unspecified atom stereocenters. The number of nitrogens with one attached hydrogen (secondary N) is 1. The molecule has 132 valence electrons. The van der Waals surface area contributed by atoms with E-state index in [9.17, 15) is 13.2 Å². The quantitative estimate of drug-likeness (QED) is 0.865. The van der Waals surface area contributed by atoms with E-state index in [0.29, 0.717) is 5.02 Å². The summed E-state index contributed by atoms with van der Waals surface area (Å²) in [6.45, 7) is 0.578. The zero-order chi connectivity index (χ0) is 17.9. The predicted octanol–water partition coefficient (Wildman–Crippen LogP) is 2.64. The van der Waals surface area contributed by atoms with Gasteiger partial charge >= 0.3 is 6.09 Å². The molecule has 0 atom stereocenters. The van der Waals surface area contributed by atoms with Gasteiger partial charge in [0.2, 0.25) is 10.0 Å². The largest absolute Gasteiger partial charge is 0.445 e. The van der Waals surface area contributed by atoms with Crippen molar-refractivity contribution in [2.75, 3.05) is 13.1 Å². The molecule has 1 aliphatic rings. The highest BCUT2D eigenvalue weighted by Gasteiger charge is 2.37. The maximum atomic E-state index is 12.4. The number of carbonyl (C=O) groups is 1. The molecule has 0 saturated carbocycles. The van der Waals surface area contributed by atoms with E-state index in [-0.39, 0.29) is 30.6 Å². The van der Waals surface area contributed by atoms with Gasteiger partial charge in [-0.05, 0) is 23.8 Å². The van der Waals surface area contributed by atoms with Gasteiger partial charge in [0.15, 0.2) is 0 Å². The maximum Gasteiger partial charge on any atom is 0.407 e. The number of carbonyl (C=O) groups excluding carboxylic acids is 1. The Hall–Kier alpha value is -2.09. The molecule has 0 aliphatic carbocycles. The summed E-state index contributed by atoms with van der Waals surface area (Å²) >= 11 is 5.84. The van der Waals surface area contributed by atoms with Crippen LogP contribution in [0.5, 0.6) is 0 Å². The van der Waals surface area contributed by atoms with Crippen LogP contribution in [0.3, 0.4) is 0 Å². The van der Waals surface area contributed by atoms with Crippen molar-refractivity contribution in [3.8, 4) is 0 Å². The lowest BCUT2D eigenvalue weighted by molar-refractivity contribution is 0.123. The number of benzene rings is 2.